The van der Waals surface area contributed by atoms with Crippen LogP contribution >= 0.6 is 23.1 Å². The molecule has 1 N–H and O–H groups in total. The molecule has 148 valence electrons. The zero-order valence-corrected chi connectivity index (χ0v) is 20.0. The van der Waals surface area contributed by atoms with Crippen molar-refractivity contribution < 1.29 is 54.2 Å². The second-order valence-electron chi connectivity index (χ2n) is 7.15. The smallest absolute Gasteiger partial charge is 0.543 e. The number of thiazole rings is 1. The predicted molar refractivity (Wildman–Crippen MR) is 101 cm³/mol. The van der Waals surface area contributed by atoms with E-state index in [1.165, 1.54) is 34.9 Å². The summed E-state index contributed by atoms with van der Waals surface area (Å²) in [5.41, 5.74) is 0.424. The third-order valence-corrected chi connectivity index (χ3v) is 7.62. The van der Waals surface area contributed by atoms with Gasteiger partial charge in [-0.3, -0.25) is 14.0 Å². The van der Waals surface area contributed by atoms with E-state index in [4.69, 9.17) is 0 Å². The molecule has 0 saturated carbocycles. The molecule has 0 aliphatic carbocycles. The molecule has 4 atom stereocenters. The number of aromatic nitrogens is 2. The normalized spacial score (nSPS) is 24.3. The Morgan fingerprint density at radius 1 is 1.45 bits per heavy atom. The van der Waals surface area contributed by atoms with Crippen molar-refractivity contribution in [3.05, 3.63) is 23.1 Å². The van der Waals surface area contributed by atoms with Gasteiger partial charge in [0.2, 0.25) is 5.91 Å². The Bertz CT molecular complexity index is 1040. The summed E-state index contributed by atoms with van der Waals surface area (Å²) in [4.78, 5) is 42.6. The first-order valence-corrected chi connectivity index (χ1v) is 10.6. The van der Waals surface area contributed by atoms with Crippen LogP contribution < -0.4 is 34.7 Å². The van der Waals surface area contributed by atoms with Gasteiger partial charge in [0.1, 0.15) is 22.0 Å². The van der Waals surface area contributed by atoms with Gasteiger partial charge >= 0.3 is 29.6 Å². The summed E-state index contributed by atoms with van der Waals surface area (Å²) in [5.74, 6) is -2.30. The molecule has 0 aromatic carbocycles. The molecule has 0 spiro atoms. The molecule has 1 amide bonds. The molecule has 2 aliphatic heterocycles. The molecule has 8 nitrogen and oxygen atoms in total. The molecule has 2 aromatic rings. The van der Waals surface area contributed by atoms with Crippen LogP contribution in [-0.2, 0) is 14.4 Å². The van der Waals surface area contributed by atoms with Gasteiger partial charge in [0.15, 0.2) is 0 Å². The van der Waals surface area contributed by atoms with Crippen LogP contribution in [-0.4, -0.2) is 54.9 Å². The number of carbonyl (C=O) groups is 3. The molecule has 29 heavy (non-hydrogen) atoms. The average molecular weight is 443 g/mol. The van der Waals surface area contributed by atoms with Crippen LogP contribution in [0.4, 0.5) is 0 Å². The second kappa shape index (κ2) is 8.16. The Labute approximate surface area is 197 Å². The Balaban J connectivity index is 0.00000240. The minimum absolute atomic E-state index is 0. The summed E-state index contributed by atoms with van der Waals surface area (Å²) < 4.78 is 1.79. The van der Waals surface area contributed by atoms with Gasteiger partial charge in [-0.2, -0.15) is 0 Å². The molecule has 4 rings (SSSR count). The van der Waals surface area contributed by atoms with Crippen LogP contribution in [0.3, 0.4) is 0 Å². The van der Waals surface area contributed by atoms with E-state index in [9.17, 15) is 24.6 Å². The summed E-state index contributed by atoms with van der Waals surface area (Å²) >= 11 is 2.70. The third-order valence-electron chi connectivity index (χ3n) is 5.22. The minimum Gasteiger partial charge on any atom is -0.543 e. The number of carboxylic acid groups (broad SMARTS) is 1. The largest absolute Gasteiger partial charge is 1.00 e. The van der Waals surface area contributed by atoms with E-state index in [-0.39, 0.29) is 58.9 Å². The van der Waals surface area contributed by atoms with Crippen molar-refractivity contribution in [1.29, 1.82) is 0 Å². The zero-order chi connectivity index (χ0) is 20.3. The van der Waals surface area contributed by atoms with Gasteiger partial charge < -0.3 is 19.9 Å². The summed E-state index contributed by atoms with van der Waals surface area (Å²) in [7, 11) is 0. The van der Waals surface area contributed by atoms with Crippen LogP contribution in [0.15, 0.2) is 23.2 Å². The summed E-state index contributed by atoms with van der Waals surface area (Å²) in [6.45, 7) is 4.92. The van der Waals surface area contributed by atoms with Crippen molar-refractivity contribution >= 4 is 51.2 Å². The number of aliphatic carboxylic acids is 1. The maximum absolute atomic E-state index is 12.4. The molecule has 4 heterocycles. The summed E-state index contributed by atoms with van der Waals surface area (Å²) in [6.07, 6.45) is 2.55. The standard InChI is InChI=1S/C18H19N3O5S2.Na/c1-7(22)5-27-15-17-20(6-19-15)4-10(28-17)11-8(2)13-12(9(3)23)16(24)21(13)14(11)18(25)26;/h4,6,8-9,12-13,23H,5H2,1-3H3,(H,25,26);/q;+1/p-1/t8-,9+,12+,13+;/m0./s1. The fourth-order valence-corrected chi connectivity index (χ4v) is 6.16. The fraction of sp³-hybridized carbons (Fsp3) is 0.444. The van der Waals surface area contributed by atoms with Gasteiger partial charge in [-0.05, 0) is 13.8 Å². The molecule has 2 aliphatic rings. The number of carboxylic acids is 1. The molecule has 1 fully saturated rings. The quantitative estimate of drug-likeness (QED) is 0.296. The summed E-state index contributed by atoms with van der Waals surface area (Å²) in [6, 6.07) is -0.387. The number of Topliss-reactive ketones (excluding diaryl/α,β-unsaturated/α-hetero) is 1. The van der Waals surface area contributed by atoms with Gasteiger partial charge in [0.05, 0.1) is 40.4 Å². The van der Waals surface area contributed by atoms with E-state index in [1.54, 1.807) is 23.8 Å². The maximum atomic E-state index is 12.4. The van der Waals surface area contributed by atoms with Crippen molar-refractivity contribution in [1.82, 2.24) is 14.3 Å². The van der Waals surface area contributed by atoms with Crippen LogP contribution in [0.25, 0.3) is 10.4 Å². The van der Waals surface area contributed by atoms with E-state index in [0.29, 0.717) is 21.2 Å². The van der Waals surface area contributed by atoms with Crippen LogP contribution in [0, 0.1) is 11.8 Å². The molecule has 1 saturated heterocycles. The molecular formula is C18H18N3NaO5S2. The van der Waals surface area contributed by atoms with E-state index in [0.717, 1.165) is 4.83 Å². The van der Waals surface area contributed by atoms with E-state index in [1.807, 2.05) is 6.92 Å². The van der Waals surface area contributed by atoms with Gasteiger partial charge in [-0.25, -0.2) is 4.98 Å². The van der Waals surface area contributed by atoms with Gasteiger partial charge in [-0.15, -0.1) is 11.3 Å². The second-order valence-corrected chi connectivity index (χ2v) is 9.15. The summed E-state index contributed by atoms with van der Waals surface area (Å²) in [5, 5.41) is 22.5. The van der Waals surface area contributed by atoms with Gasteiger partial charge in [0, 0.05) is 17.7 Å². The number of aliphatic hydroxyl groups is 1. The number of β-lactam (4-membered cyclic amide) rings is 1. The molecule has 11 heteroatoms. The number of carbonyl (C=O) groups excluding carboxylic acids is 3. The number of hydrogen-bond donors (Lipinski definition) is 1. The topological polar surface area (TPSA) is 115 Å². The number of thioether (sulfide) groups is 1. The number of hydrogen-bond acceptors (Lipinski definition) is 8. The van der Waals surface area contributed by atoms with Gasteiger partial charge in [0.25, 0.3) is 0 Å². The molecular weight excluding hydrogens is 425 g/mol. The van der Waals surface area contributed by atoms with Crippen LogP contribution in [0.2, 0.25) is 0 Å². The predicted octanol–water partition coefficient (Wildman–Crippen LogP) is -2.60. The van der Waals surface area contributed by atoms with Gasteiger partial charge in [-0.1, -0.05) is 18.7 Å². The third kappa shape index (κ3) is 3.49. The fourth-order valence-electron chi connectivity index (χ4n) is 4.05. The molecule has 0 radical (unpaired) electrons. The van der Waals surface area contributed by atoms with Crippen molar-refractivity contribution in [2.75, 3.05) is 5.75 Å². The van der Waals surface area contributed by atoms with Crippen LogP contribution in [0.5, 0.6) is 0 Å². The average Bonchev–Trinajstić information content (AvgIpc) is 3.22. The zero-order valence-electron chi connectivity index (χ0n) is 16.4. The Hall–Kier alpha value is -1.17. The van der Waals surface area contributed by atoms with Crippen molar-refractivity contribution in [3.63, 3.8) is 0 Å². The number of ketones is 1. The SMILES string of the molecule is CC(=O)CSc1ncn2cc(C3=C(C(=O)[O-])N4C(=O)[C@H]([C@@H](C)O)[C@H]4[C@H]3C)sc12.[Na+]. The number of fused-ring (bicyclic) bond motifs is 2. The van der Waals surface area contributed by atoms with E-state index in [2.05, 4.69) is 4.98 Å². The van der Waals surface area contributed by atoms with Crippen molar-refractivity contribution in [2.24, 2.45) is 11.8 Å². The first-order valence-electron chi connectivity index (χ1n) is 8.78. The Morgan fingerprint density at radius 3 is 2.72 bits per heavy atom. The maximum Gasteiger partial charge on any atom is 1.00 e. The molecule has 0 bridgehead atoms. The number of imidazole rings is 1. The van der Waals surface area contributed by atoms with Crippen molar-refractivity contribution in [3.8, 4) is 0 Å². The number of amides is 1. The van der Waals surface area contributed by atoms with Crippen LogP contribution in [0.1, 0.15) is 25.6 Å². The van der Waals surface area contributed by atoms with E-state index >= 15 is 0 Å². The first-order chi connectivity index (χ1) is 13.2. The number of nitrogens with zero attached hydrogens (tertiary/aromatic N) is 3. The monoisotopic (exact) mass is 443 g/mol. The Kier molecular flexibility index (Phi) is 6.34. The first kappa shape index (κ1) is 22.5. The number of rotatable bonds is 6. The van der Waals surface area contributed by atoms with E-state index < -0.39 is 18.0 Å². The van der Waals surface area contributed by atoms with Crippen molar-refractivity contribution in [2.45, 2.75) is 37.9 Å². The molecule has 2 aromatic heterocycles. The number of aliphatic hydroxyl groups excluding tert-OH is 1. The Morgan fingerprint density at radius 2 is 2.14 bits per heavy atom. The molecule has 0 unspecified atom stereocenters. The minimum atomic E-state index is -1.40.